The smallest absolute Gasteiger partial charge is 0.214 e. The standard InChI is InChI=1S/C10H19NO4S/c1-2-15-7-8-16(13,14)11-9-3-5-10(12)6-4-9/h9,11H,2-8H2,1H3. The van der Waals surface area contributed by atoms with E-state index in [0.717, 1.165) is 0 Å². The van der Waals surface area contributed by atoms with E-state index in [1.165, 1.54) is 0 Å². The highest BCUT2D eigenvalue weighted by atomic mass is 32.2. The van der Waals surface area contributed by atoms with E-state index >= 15 is 0 Å². The third kappa shape index (κ3) is 5.05. The molecule has 0 spiro atoms. The minimum absolute atomic E-state index is 0.00864. The topological polar surface area (TPSA) is 72.5 Å². The minimum Gasteiger partial charge on any atom is -0.381 e. The van der Waals surface area contributed by atoms with Gasteiger partial charge in [0.15, 0.2) is 0 Å². The lowest BCUT2D eigenvalue weighted by atomic mass is 9.95. The Bertz CT molecular complexity index is 316. The van der Waals surface area contributed by atoms with Crippen LogP contribution in [0.25, 0.3) is 0 Å². The van der Waals surface area contributed by atoms with Gasteiger partial charge in [0.2, 0.25) is 10.0 Å². The number of ether oxygens (including phenoxy) is 1. The second-order valence-corrected chi connectivity index (χ2v) is 5.82. The van der Waals surface area contributed by atoms with Crippen LogP contribution in [-0.4, -0.2) is 39.2 Å². The van der Waals surface area contributed by atoms with E-state index in [-0.39, 0.29) is 24.2 Å². The molecule has 0 amide bonds. The number of carbonyl (C=O) groups excluding carboxylic acids is 1. The third-order valence-corrected chi connectivity index (χ3v) is 3.99. The predicted octanol–water partition coefficient (Wildman–Crippen LogP) is 0.454. The molecule has 16 heavy (non-hydrogen) atoms. The molecule has 1 rings (SSSR count). The monoisotopic (exact) mass is 249 g/mol. The van der Waals surface area contributed by atoms with Gasteiger partial charge >= 0.3 is 0 Å². The van der Waals surface area contributed by atoms with Crippen LogP contribution in [0.5, 0.6) is 0 Å². The Labute approximate surface area is 96.6 Å². The molecule has 1 aliphatic carbocycles. The van der Waals surface area contributed by atoms with Crippen LogP contribution < -0.4 is 4.72 Å². The summed E-state index contributed by atoms with van der Waals surface area (Å²) in [5, 5.41) is 0. The van der Waals surface area contributed by atoms with Crippen LogP contribution in [-0.2, 0) is 19.6 Å². The summed E-state index contributed by atoms with van der Waals surface area (Å²) < 4.78 is 30.8. The highest BCUT2D eigenvalue weighted by Gasteiger charge is 2.22. The first-order valence-electron chi connectivity index (χ1n) is 5.63. The van der Waals surface area contributed by atoms with Gasteiger partial charge in [-0.25, -0.2) is 13.1 Å². The molecule has 0 atom stereocenters. The number of hydrogen-bond donors (Lipinski definition) is 1. The Hall–Kier alpha value is -0.460. The van der Waals surface area contributed by atoms with Crippen molar-refractivity contribution in [2.24, 2.45) is 0 Å². The van der Waals surface area contributed by atoms with Crippen LogP contribution in [0.4, 0.5) is 0 Å². The van der Waals surface area contributed by atoms with Gasteiger partial charge in [-0.2, -0.15) is 0 Å². The Morgan fingerprint density at radius 1 is 1.38 bits per heavy atom. The van der Waals surface area contributed by atoms with Gasteiger partial charge in [0.05, 0.1) is 12.4 Å². The predicted molar refractivity (Wildman–Crippen MR) is 60.7 cm³/mol. The van der Waals surface area contributed by atoms with Gasteiger partial charge in [0, 0.05) is 25.5 Å². The van der Waals surface area contributed by atoms with Crippen molar-refractivity contribution in [2.75, 3.05) is 19.0 Å². The summed E-state index contributed by atoms with van der Waals surface area (Å²) in [6.07, 6.45) is 2.21. The number of Topliss-reactive ketones (excluding diaryl/α,β-unsaturated/α-hetero) is 1. The van der Waals surface area contributed by atoms with E-state index < -0.39 is 10.0 Å². The van der Waals surface area contributed by atoms with Crippen molar-refractivity contribution in [3.8, 4) is 0 Å². The molecule has 0 saturated heterocycles. The summed E-state index contributed by atoms with van der Waals surface area (Å²) in [4.78, 5) is 11.0. The zero-order valence-electron chi connectivity index (χ0n) is 9.57. The molecule has 1 fully saturated rings. The molecule has 0 unspecified atom stereocenters. The SMILES string of the molecule is CCOCCS(=O)(=O)NC1CCC(=O)CC1. The van der Waals surface area contributed by atoms with Crippen molar-refractivity contribution in [3.05, 3.63) is 0 Å². The molecule has 0 heterocycles. The molecule has 1 saturated carbocycles. The molecule has 1 N–H and O–H groups in total. The highest BCUT2D eigenvalue weighted by Crippen LogP contribution is 2.15. The lowest BCUT2D eigenvalue weighted by Crippen LogP contribution is -2.39. The largest absolute Gasteiger partial charge is 0.381 e. The quantitative estimate of drug-likeness (QED) is 0.694. The van der Waals surface area contributed by atoms with Crippen molar-refractivity contribution < 1.29 is 17.9 Å². The van der Waals surface area contributed by atoms with E-state index in [1.807, 2.05) is 6.92 Å². The number of hydrogen-bond acceptors (Lipinski definition) is 4. The van der Waals surface area contributed by atoms with E-state index in [0.29, 0.717) is 32.3 Å². The van der Waals surface area contributed by atoms with E-state index in [9.17, 15) is 13.2 Å². The molecule has 6 heteroatoms. The number of sulfonamides is 1. The molecule has 94 valence electrons. The zero-order chi connectivity index (χ0) is 12.0. The average Bonchev–Trinajstić information content (AvgIpc) is 2.21. The molecule has 1 aliphatic rings. The van der Waals surface area contributed by atoms with E-state index in [1.54, 1.807) is 0 Å². The average molecular weight is 249 g/mol. The molecule has 0 aromatic heterocycles. The number of ketones is 1. The normalized spacial score (nSPS) is 18.9. The van der Waals surface area contributed by atoms with Crippen LogP contribution in [0.3, 0.4) is 0 Å². The van der Waals surface area contributed by atoms with Crippen molar-refractivity contribution in [1.29, 1.82) is 0 Å². The van der Waals surface area contributed by atoms with Crippen LogP contribution in [0, 0.1) is 0 Å². The lowest BCUT2D eigenvalue weighted by Gasteiger charge is -2.21. The lowest BCUT2D eigenvalue weighted by molar-refractivity contribution is -0.120. The number of carbonyl (C=O) groups is 1. The number of rotatable bonds is 6. The van der Waals surface area contributed by atoms with Crippen molar-refractivity contribution >= 4 is 15.8 Å². The molecule has 0 radical (unpaired) electrons. The van der Waals surface area contributed by atoms with E-state index in [2.05, 4.69) is 4.72 Å². The maximum atomic E-state index is 11.6. The maximum Gasteiger partial charge on any atom is 0.214 e. The van der Waals surface area contributed by atoms with Gasteiger partial charge in [-0.3, -0.25) is 4.79 Å². The summed E-state index contributed by atoms with van der Waals surface area (Å²) >= 11 is 0. The van der Waals surface area contributed by atoms with Gasteiger partial charge in [-0.15, -0.1) is 0 Å². The molecular formula is C10H19NO4S. The summed E-state index contributed by atoms with van der Waals surface area (Å²) in [7, 11) is -3.26. The molecule has 0 aromatic carbocycles. The van der Waals surface area contributed by atoms with Crippen LogP contribution in [0.15, 0.2) is 0 Å². The Balaban J connectivity index is 2.32. The second-order valence-electron chi connectivity index (χ2n) is 3.95. The van der Waals surface area contributed by atoms with Gasteiger partial charge in [0.1, 0.15) is 5.78 Å². The maximum absolute atomic E-state index is 11.6. The van der Waals surface area contributed by atoms with Gasteiger partial charge in [-0.05, 0) is 19.8 Å². The van der Waals surface area contributed by atoms with Crippen LogP contribution >= 0.6 is 0 Å². The fourth-order valence-corrected chi connectivity index (χ4v) is 2.88. The van der Waals surface area contributed by atoms with Gasteiger partial charge in [-0.1, -0.05) is 0 Å². The fraction of sp³-hybridized carbons (Fsp3) is 0.900. The zero-order valence-corrected chi connectivity index (χ0v) is 10.4. The van der Waals surface area contributed by atoms with Crippen LogP contribution in [0.1, 0.15) is 32.6 Å². The molecule has 0 bridgehead atoms. The number of nitrogens with one attached hydrogen (secondary N) is 1. The summed E-state index contributed by atoms with van der Waals surface area (Å²) in [6.45, 7) is 2.57. The van der Waals surface area contributed by atoms with Crippen molar-refractivity contribution in [3.63, 3.8) is 0 Å². The summed E-state index contributed by atoms with van der Waals surface area (Å²) in [5.41, 5.74) is 0. The Morgan fingerprint density at radius 2 is 2.00 bits per heavy atom. The van der Waals surface area contributed by atoms with E-state index in [4.69, 9.17) is 4.74 Å². The Morgan fingerprint density at radius 3 is 2.56 bits per heavy atom. The third-order valence-electron chi connectivity index (χ3n) is 2.59. The van der Waals surface area contributed by atoms with Crippen LogP contribution in [0.2, 0.25) is 0 Å². The molecule has 0 aromatic rings. The fourth-order valence-electron chi connectivity index (χ4n) is 1.68. The first-order valence-corrected chi connectivity index (χ1v) is 7.28. The molecular weight excluding hydrogens is 230 g/mol. The van der Waals surface area contributed by atoms with Gasteiger partial charge in [0.25, 0.3) is 0 Å². The summed E-state index contributed by atoms with van der Waals surface area (Å²) in [6, 6.07) is -0.0793. The van der Waals surface area contributed by atoms with Crippen molar-refractivity contribution in [1.82, 2.24) is 4.72 Å². The summed E-state index contributed by atoms with van der Waals surface area (Å²) in [5.74, 6) is 0.218. The van der Waals surface area contributed by atoms with Gasteiger partial charge < -0.3 is 4.74 Å². The first-order chi connectivity index (χ1) is 7.53. The molecule has 0 aliphatic heterocycles. The first kappa shape index (κ1) is 13.6. The molecule has 5 nitrogen and oxygen atoms in total. The second kappa shape index (κ2) is 6.32. The highest BCUT2D eigenvalue weighted by molar-refractivity contribution is 7.89. The van der Waals surface area contributed by atoms with Crippen molar-refractivity contribution in [2.45, 2.75) is 38.6 Å². The Kier molecular flexibility index (Phi) is 5.37. The minimum atomic E-state index is -3.26.